The second-order valence-electron chi connectivity index (χ2n) is 8.73. The van der Waals surface area contributed by atoms with Crippen LogP contribution in [-0.4, -0.2) is 22.1 Å². The van der Waals surface area contributed by atoms with E-state index in [9.17, 15) is 0 Å². The van der Waals surface area contributed by atoms with Crippen LogP contribution in [0, 0.1) is 0 Å². The van der Waals surface area contributed by atoms with Gasteiger partial charge in [-0.1, -0.05) is 78.9 Å². The highest BCUT2D eigenvalue weighted by atomic mass is 16.5. The topological polar surface area (TPSA) is 60.0 Å². The maximum absolute atomic E-state index is 6.05. The number of imidazole rings is 1. The van der Waals surface area contributed by atoms with Crippen LogP contribution in [0.25, 0.3) is 44.8 Å². The number of aromatic nitrogens is 3. The summed E-state index contributed by atoms with van der Waals surface area (Å²) in [6.07, 6.45) is 1.88. The summed E-state index contributed by atoms with van der Waals surface area (Å²) in [5, 5.41) is 1.07. The van der Waals surface area contributed by atoms with E-state index in [4.69, 9.17) is 14.5 Å². The molecule has 0 aliphatic rings. The van der Waals surface area contributed by atoms with Crippen LogP contribution in [0.1, 0.15) is 5.56 Å². The third kappa shape index (κ3) is 4.67. The van der Waals surface area contributed by atoms with Gasteiger partial charge in [0.05, 0.1) is 24.0 Å². The van der Waals surface area contributed by atoms with Crippen molar-refractivity contribution >= 4 is 10.9 Å². The highest BCUT2D eigenvalue weighted by Gasteiger charge is 2.17. The molecule has 0 bridgehead atoms. The molecule has 0 saturated carbocycles. The highest BCUT2D eigenvalue weighted by molar-refractivity contribution is 5.87. The summed E-state index contributed by atoms with van der Waals surface area (Å²) in [6, 6.07) is 36.4. The first-order valence-electron chi connectivity index (χ1n) is 12.1. The van der Waals surface area contributed by atoms with E-state index in [1.54, 1.807) is 7.11 Å². The van der Waals surface area contributed by atoms with Gasteiger partial charge in [-0.25, -0.2) is 4.98 Å². The molecule has 6 aromatic rings. The van der Waals surface area contributed by atoms with Crippen LogP contribution < -0.4 is 9.47 Å². The van der Waals surface area contributed by atoms with Crippen LogP contribution in [-0.2, 0) is 6.61 Å². The number of methoxy groups -OCH3 is 1. The zero-order valence-electron chi connectivity index (χ0n) is 20.4. The van der Waals surface area contributed by atoms with Gasteiger partial charge in [0.15, 0.2) is 11.5 Å². The third-order valence-corrected chi connectivity index (χ3v) is 6.30. The van der Waals surface area contributed by atoms with Crippen molar-refractivity contribution in [3.05, 3.63) is 121 Å². The number of H-pyrrole nitrogens is 1. The molecule has 2 heterocycles. The average molecular weight is 484 g/mol. The van der Waals surface area contributed by atoms with Gasteiger partial charge in [-0.2, -0.15) is 0 Å². The fourth-order valence-electron chi connectivity index (χ4n) is 4.40. The Kier molecular flexibility index (Phi) is 6.09. The summed E-state index contributed by atoms with van der Waals surface area (Å²) in [7, 11) is 1.65. The minimum absolute atomic E-state index is 0.467. The van der Waals surface area contributed by atoms with Crippen LogP contribution in [0.4, 0.5) is 0 Å². The van der Waals surface area contributed by atoms with Gasteiger partial charge in [0.1, 0.15) is 12.4 Å². The van der Waals surface area contributed by atoms with Crippen molar-refractivity contribution in [2.24, 2.45) is 0 Å². The number of ether oxygens (including phenoxy) is 2. The first-order chi connectivity index (χ1) is 18.3. The minimum atomic E-state index is 0.467. The third-order valence-electron chi connectivity index (χ3n) is 6.30. The number of nitrogens with zero attached hydrogens (tertiary/aromatic N) is 2. The molecule has 6 rings (SSSR count). The molecule has 0 atom stereocenters. The molecule has 0 saturated heterocycles. The molecule has 37 heavy (non-hydrogen) atoms. The lowest BCUT2D eigenvalue weighted by Crippen LogP contribution is -1.98. The first-order valence-corrected chi connectivity index (χ1v) is 12.1. The molecule has 180 valence electrons. The number of aromatic amines is 1. The van der Waals surface area contributed by atoms with Crippen molar-refractivity contribution < 1.29 is 9.47 Å². The van der Waals surface area contributed by atoms with Crippen molar-refractivity contribution in [3.63, 3.8) is 0 Å². The van der Waals surface area contributed by atoms with Crippen LogP contribution in [0.15, 0.2) is 115 Å². The lowest BCUT2D eigenvalue weighted by Gasteiger charge is -2.12. The Morgan fingerprint density at radius 3 is 2.27 bits per heavy atom. The molecule has 1 N–H and O–H groups in total. The number of hydrogen-bond acceptors (Lipinski definition) is 4. The van der Waals surface area contributed by atoms with E-state index < -0.39 is 0 Å². The van der Waals surface area contributed by atoms with Gasteiger partial charge in [-0.15, -0.1) is 0 Å². The van der Waals surface area contributed by atoms with E-state index in [0.717, 1.165) is 50.4 Å². The van der Waals surface area contributed by atoms with Crippen molar-refractivity contribution in [2.45, 2.75) is 6.61 Å². The summed E-state index contributed by atoms with van der Waals surface area (Å²) < 4.78 is 11.7. The van der Waals surface area contributed by atoms with Crippen molar-refractivity contribution in [1.29, 1.82) is 0 Å². The number of para-hydroxylation sites is 1. The molecule has 0 fully saturated rings. The van der Waals surface area contributed by atoms with Crippen LogP contribution in [0.5, 0.6) is 11.5 Å². The summed E-state index contributed by atoms with van der Waals surface area (Å²) in [4.78, 5) is 13.3. The van der Waals surface area contributed by atoms with Crippen LogP contribution >= 0.6 is 0 Å². The fraction of sp³-hybridized carbons (Fsp3) is 0.0625. The Hall–Kier alpha value is -4.90. The minimum Gasteiger partial charge on any atom is -0.493 e. The molecular formula is C32H25N3O2. The van der Waals surface area contributed by atoms with Gasteiger partial charge in [0, 0.05) is 28.3 Å². The molecule has 0 aliphatic carbocycles. The van der Waals surface area contributed by atoms with E-state index in [-0.39, 0.29) is 0 Å². The SMILES string of the molecule is COc1cc(-c2nc(-c3cnc4ccccc4c3)c(-c3ccccc3)[nH]2)ccc1OCc1ccccc1. The summed E-state index contributed by atoms with van der Waals surface area (Å²) in [6.45, 7) is 0.467. The molecule has 5 nitrogen and oxygen atoms in total. The summed E-state index contributed by atoms with van der Waals surface area (Å²) >= 11 is 0. The molecule has 4 aromatic carbocycles. The second-order valence-corrected chi connectivity index (χ2v) is 8.73. The number of benzene rings is 4. The molecule has 5 heteroatoms. The molecule has 0 amide bonds. The Morgan fingerprint density at radius 1 is 0.703 bits per heavy atom. The molecule has 0 aliphatic heterocycles. The van der Waals surface area contributed by atoms with Gasteiger partial charge >= 0.3 is 0 Å². The van der Waals surface area contributed by atoms with E-state index in [0.29, 0.717) is 18.1 Å². The molecule has 2 aromatic heterocycles. The number of rotatable bonds is 7. The first kappa shape index (κ1) is 22.6. The zero-order valence-corrected chi connectivity index (χ0v) is 20.4. The van der Waals surface area contributed by atoms with Gasteiger partial charge in [-0.05, 0) is 35.9 Å². The molecule has 0 unspecified atom stereocenters. The Labute approximate surface area is 215 Å². The fourth-order valence-corrected chi connectivity index (χ4v) is 4.40. The van der Waals surface area contributed by atoms with E-state index >= 15 is 0 Å². The van der Waals surface area contributed by atoms with Gasteiger partial charge < -0.3 is 14.5 Å². The standard InChI is InChI=1S/C32H25N3O2/c1-36-29-19-25(16-17-28(29)37-21-22-10-4-2-5-11-22)32-34-30(23-12-6-3-7-13-23)31(35-32)26-18-24-14-8-9-15-27(24)33-20-26/h2-20H,21H2,1H3,(H,34,35). The Bertz CT molecular complexity index is 1660. The van der Waals surface area contributed by atoms with Crippen LogP contribution in [0.2, 0.25) is 0 Å². The second kappa shape index (κ2) is 9.99. The van der Waals surface area contributed by atoms with E-state index in [1.807, 2.05) is 91.1 Å². The predicted molar refractivity (Wildman–Crippen MR) is 148 cm³/mol. The zero-order chi connectivity index (χ0) is 25.0. The normalized spacial score (nSPS) is 10.9. The Morgan fingerprint density at radius 2 is 1.46 bits per heavy atom. The molecule has 0 spiro atoms. The average Bonchev–Trinajstić information content (AvgIpc) is 3.42. The number of pyridine rings is 1. The largest absolute Gasteiger partial charge is 0.493 e. The summed E-state index contributed by atoms with van der Waals surface area (Å²) in [5.74, 6) is 2.08. The van der Waals surface area contributed by atoms with Crippen molar-refractivity contribution in [1.82, 2.24) is 15.0 Å². The predicted octanol–water partition coefficient (Wildman–Crippen LogP) is 7.55. The molecular weight excluding hydrogens is 458 g/mol. The lowest BCUT2D eigenvalue weighted by atomic mass is 10.0. The monoisotopic (exact) mass is 483 g/mol. The smallest absolute Gasteiger partial charge is 0.161 e. The highest BCUT2D eigenvalue weighted by Crippen LogP contribution is 2.37. The van der Waals surface area contributed by atoms with E-state index in [2.05, 4.69) is 34.2 Å². The number of nitrogens with one attached hydrogen (secondary N) is 1. The van der Waals surface area contributed by atoms with Gasteiger partial charge in [0.25, 0.3) is 0 Å². The Balaban J connectivity index is 1.39. The summed E-state index contributed by atoms with van der Waals surface area (Å²) in [5.41, 5.74) is 6.76. The van der Waals surface area contributed by atoms with Gasteiger partial charge in [0.2, 0.25) is 0 Å². The maximum Gasteiger partial charge on any atom is 0.161 e. The lowest BCUT2D eigenvalue weighted by molar-refractivity contribution is 0.284. The number of hydrogen-bond donors (Lipinski definition) is 1. The molecule has 0 radical (unpaired) electrons. The quantitative estimate of drug-likeness (QED) is 0.255. The van der Waals surface area contributed by atoms with Gasteiger partial charge in [-0.3, -0.25) is 4.98 Å². The van der Waals surface area contributed by atoms with E-state index in [1.165, 1.54) is 0 Å². The maximum atomic E-state index is 6.05. The van der Waals surface area contributed by atoms with Crippen LogP contribution in [0.3, 0.4) is 0 Å². The number of fused-ring (bicyclic) bond motifs is 1. The van der Waals surface area contributed by atoms with Crippen molar-refractivity contribution in [3.8, 4) is 45.4 Å². The van der Waals surface area contributed by atoms with Crippen molar-refractivity contribution in [2.75, 3.05) is 7.11 Å².